The zero-order valence-corrected chi connectivity index (χ0v) is 23.4. The van der Waals surface area contributed by atoms with Gasteiger partial charge in [-0.25, -0.2) is 0 Å². The Kier molecular flexibility index (Phi) is 8.73. The fourth-order valence-electron chi connectivity index (χ4n) is 4.95. The summed E-state index contributed by atoms with van der Waals surface area (Å²) < 4.78 is 18.6. The summed E-state index contributed by atoms with van der Waals surface area (Å²) >= 11 is 0. The number of rotatable bonds is 5. The van der Waals surface area contributed by atoms with Crippen molar-refractivity contribution in [2.75, 3.05) is 21.2 Å². The minimum atomic E-state index is -0.972. The maximum Gasteiger partial charge on any atom is 0.212 e. The van der Waals surface area contributed by atoms with Gasteiger partial charge in [0.25, 0.3) is 0 Å². The first-order valence-electron chi connectivity index (χ1n) is 12.4. The molecule has 0 bridgehead atoms. The number of nitrogens with zero attached hydrogens (tertiary/aromatic N) is 4. The molecule has 0 saturated heterocycles. The molecule has 2 aromatic rings. The second-order valence-corrected chi connectivity index (χ2v) is 9.44. The highest BCUT2D eigenvalue weighted by Gasteiger charge is 2.66. The lowest BCUT2D eigenvalue weighted by molar-refractivity contribution is -0.148. The largest absolute Gasteiger partial charge is 0.499 e. The molecule has 2 aliphatic heterocycles. The summed E-state index contributed by atoms with van der Waals surface area (Å²) in [6.07, 6.45) is 3.33. The molecule has 0 saturated carbocycles. The van der Waals surface area contributed by atoms with Gasteiger partial charge in [0.15, 0.2) is 12.0 Å². The number of carbonyl (C=O) groups is 1. The molecule has 1 aliphatic carbocycles. The minimum Gasteiger partial charge on any atom is -0.499 e. The van der Waals surface area contributed by atoms with Gasteiger partial charge in [-0.3, -0.25) is 4.79 Å². The summed E-state index contributed by atoms with van der Waals surface area (Å²) in [6.45, 7) is 6.64. The van der Waals surface area contributed by atoms with Crippen molar-refractivity contribution in [1.82, 2.24) is 9.80 Å². The average Bonchev–Trinajstić information content (AvgIpc) is 3.47. The number of hydrogen-bond donors (Lipinski definition) is 0. The molecular formula is C31H34N4O4. The summed E-state index contributed by atoms with van der Waals surface area (Å²) in [6, 6.07) is 23.2. The highest BCUT2D eigenvalue weighted by atomic mass is 16.5. The van der Waals surface area contributed by atoms with Gasteiger partial charge in [0.05, 0.1) is 24.8 Å². The molecule has 0 fully saturated rings. The highest BCUT2D eigenvalue weighted by Crippen LogP contribution is 2.55. The molecule has 3 aliphatic rings. The molecular weight excluding hydrogens is 492 g/mol. The smallest absolute Gasteiger partial charge is 0.212 e. The van der Waals surface area contributed by atoms with Gasteiger partial charge in [-0.15, -0.1) is 0 Å². The van der Waals surface area contributed by atoms with Crippen LogP contribution in [0.3, 0.4) is 0 Å². The van der Waals surface area contributed by atoms with Gasteiger partial charge in [-0.05, 0) is 13.8 Å². The second kappa shape index (κ2) is 11.8. The Morgan fingerprint density at radius 1 is 0.872 bits per heavy atom. The number of nitriles is 2. The Balaban J connectivity index is 0.000000643. The third-order valence-corrected chi connectivity index (χ3v) is 6.90. The Bertz CT molecular complexity index is 1360. The third kappa shape index (κ3) is 5.06. The van der Waals surface area contributed by atoms with Crippen molar-refractivity contribution in [3.05, 3.63) is 95.5 Å². The van der Waals surface area contributed by atoms with Crippen LogP contribution in [0.4, 0.5) is 0 Å². The number of hydrogen-bond acceptors (Lipinski definition) is 8. The topological polar surface area (TPSA) is 98.8 Å². The third-order valence-electron chi connectivity index (χ3n) is 6.90. The molecule has 0 aromatic heterocycles. The fourth-order valence-corrected chi connectivity index (χ4v) is 4.95. The quantitative estimate of drug-likeness (QED) is 0.504. The molecule has 2 heterocycles. The maximum atomic E-state index is 13.8. The molecule has 3 unspecified atom stereocenters. The van der Waals surface area contributed by atoms with E-state index in [-0.39, 0.29) is 5.78 Å². The summed E-state index contributed by atoms with van der Waals surface area (Å²) in [5.41, 5.74) is 0.502. The molecule has 2 aromatic carbocycles. The van der Waals surface area contributed by atoms with E-state index in [0.717, 1.165) is 16.9 Å². The number of methoxy groups -OCH3 is 1. The van der Waals surface area contributed by atoms with Crippen molar-refractivity contribution in [1.29, 1.82) is 10.5 Å². The Labute approximate surface area is 230 Å². The molecule has 0 amide bonds. The van der Waals surface area contributed by atoms with Gasteiger partial charge in [-0.1, -0.05) is 60.7 Å². The number of ether oxygens (including phenoxy) is 3. The SMILES string of the molecule is CC#N.CC#N.COC1=C(C2(C)OC(c3ccccc3)=CN2C)C(=O)C1(C)C1OC(c2ccccc2)=CN1C. The van der Waals surface area contributed by atoms with Crippen LogP contribution in [0, 0.1) is 28.1 Å². The molecule has 8 nitrogen and oxygen atoms in total. The predicted octanol–water partition coefficient (Wildman–Crippen LogP) is 5.50. The van der Waals surface area contributed by atoms with Crippen LogP contribution < -0.4 is 0 Å². The van der Waals surface area contributed by atoms with Crippen LogP contribution in [0.25, 0.3) is 11.5 Å². The first-order valence-corrected chi connectivity index (χ1v) is 12.4. The van der Waals surface area contributed by atoms with Gasteiger partial charge in [0.1, 0.15) is 22.7 Å². The molecule has 202 valence electrons. The first-order chi connectivity index (χ1) is 18.6. The number of ketones is 1. The van der Waals surface area contributed by atoms with Gasteiger partial charge < -0.3 is 24.0 Å². The van der Waals surface area contributed by atoms with E-state index in [1.165, 1.54) is 13.8 Å². The molecule has 5 rings (SSSR count). The van der Waals surface area contributed by atoms with E-state index in [2.05, 4.69) is 0 Å². The molecule has 0 radical (unpaired) electrons. The molecule has 39 heavy (non-hydrogen) atoms. The monoisotopic (exact) mass is 526 g/mol. The average molecular weight is 527 g/mol. The molecule has 8 heteroatoms. The van der Waals surface area contributed by atoms with Gasteiger partial charge in [0.2, 0.25) is 5.72 Å². The number of carbonyl (C=O) groups excluding carboxylic acids is 1. The Morgan fingerprint density at radius 2 is 1.36 bits per heavy atom. The molecule has 3 atom stereocenters. The highest BCUT2D eigenvalue weighted by molar-refractivity contribution is 6.11. The van der Waals surface area contributed by atoms with Crippen LogP contribution in [-0.4, -0.2) is 48.7 Å². The first kappa shape index (κ1) is 28.9. The van der Waals surface area contributed by atoms with E-state index >= 15 is 0 Å². The summed E-state index contributed by atoms with van der Waals surface area (Å²) in [5, 5.41) is 14.6. The normalized spacial score (nSPS) is 24.7. The van der Waals surface area contributed by atoms with Crippen molar-refractivity contribution in [3.8, 4) is 12.1 Å². The van der Waals surface area contributed by atoms with Crippen LogP contribution in [0.2, 0.25) is 0 Å². The van der Waals surface area contributed by atoms with E-state index in [0.29, 0.717) is 17.1 Å². The van der Waals surface area contributed by atoms with E-state index < -0.39 is 17.4 Å². The van der Waals surface area contributed by atoms with Gasteiger partial charge in [0, 0.05) is 51.5 Å². The van der Waals surface area contributed by atoms with Crippen LogP contribution in [0.1, 0.15) is 38.8 Å². The van der Waals surface area contributed by atoms with Crippen molar-refractivity contribution in [3.63, 3.8) is 0 Å². The van der Waals surface area contributed by atoms with E-state index in [9.17, 15) is 4.79 Å². The lowest BCUT2D eigenvalue weighted by Gasteiger charge is -2.49. The number of likely N-dealkylation sites (N-methyl/N-ethyl adjacent to an activating group) is 1. The summed E-state index contributed by atoms with van der Waals surface area (Å²) in [7, 11) is 5.43. The lowest BCUT2D eigenvalue weighted by Crippen LogP contribution is -2.61. The lowest BCUT2D eigenvalue weighted by atomic mass is 9.64. The Hall–Kier alpha value is -4.69. The predicted molar refractivity (Wildman–Crippen MR) is 148 cm³/mol. The van der Waals surface area contributed by atoms with Gasteiger partial charge >= 0.3 is 0 Å². The summed E-state index contributed by atoms with van der Waals surface area (Å²) in [4.78, 5) is 17.7. The number of benzene rings is 2. The van der Waals surface area contributed by atoms with Crippen molar-refractivity contribution in [2.24, 2.45) is 5.41 Å². The molecule has 0 N–H and O–H groups in total. The van der Waals surface area contributed by atoms with E-state index in [4.69, 9.17) is 24.7 Å². The van der Waals surface area contributed by atoms with Crippen molar-refractivity contribution < 1.29 is 19.0 Å². The zero-order valence-electron chi connectivity index (χ0n) is 23.4. The Morgan fingerprint density at radius 3 is 1.85 bits per heavy atom. The number of Topliss-reactive ketones (excluding diaryl/α,β-unsaturated/α-hetero) is 1. The standard InChI is InChI=1S/C27H28N2O4.2C2H3N/c1-26(25-28(3)16-20(32-25)18-12-8-6-9-13-18)23(30)22(24(26)31-5)27(2)29(4)17-21(33-27)19-14-10-7-11-15-19;2*1-2-3/h6-17,25H,1-5H3;2*1H3. The second-order valence-electron chi connectivity index (χ2n) is 9.44. The fraction of sp³-hybridized carbons (Fsp3) is 0.323. The van der Waals surface area contributed by atoms with Crippen LogP contribution in [-0.2, 0) is 19.0 Å². The van der Waals surface area contributed by atoms with E-state index in [1.807, 2.05) is 111 Å². The minimum absolute atomic E-state index is 0.0454. The summed E-state index contributed by atoms with van der Waals surface area (Å²) in [5.74, 6) is 1.99. The maximum absolute atomic E-state index is 13.8. The van der Waals surface area contributed by atoms with Crippen LogP contribution >= 0.6 is 0 Å². The van der Waals surface area contributed by atoms with Crippen molar-refractivity contribution in [2.45, 2.75) is 39.6 Å². The van der Waals surface area contributed by atoms with E-state index in [1.54, 1.807) is 19.2 Å². The molecule has 0 spiro atoms. The zero-order chi connectivity index (χ0) is 28.8. The van der Waals surface area contributed by atoms with Crippen molar-refractivity contribution >= 4 is 17.3 Å². The van der Waals surface area contributed by atoms with Crippen LogP contribution in [0.15, 0.2) is 84.4 Å². The van der Waals surface area contributed by atoms with Gasteiger partial charge in [-0.2, -0.15) is 10.5 Å². The van der Waals surface area contributed by atoms with Crippen LogP contribution in [0.5, 0.6) is 0 Å².